The van der Waals surface area contributed by atoms with Crippen molar-refractivity contribution in [3.63, 3.8) is 0 Å². The molecule has 1 aliphatic heterocycles. The summed E-state index contributed by atoms with van der Waals surface area (Å²) in [5.74, 6) is -0.154. The summed E-state index contributed by atoms with van der Waals surface area (Å²) < 4.78 is 0. The molecule has 148 valence electrons. The predicted octanol–water partition coefficient (Wildman–Crippen LogP) is 4.77. The molecule has 0 aliphatic carbocycles. The van der Waals surface area contributed by atoms with Crippen LogP contribution in [0.2, 0.25) is 5.02 Å². The van der Waals surface area contributed by atoms with Crippen molar-refractivity contribution in [3.8, 4) is 0 Å². The van der Waals surface area contributed by atoms with Gasteiger partial charge in [0.05, 0.1) is 10.9 Å². The van der Waals surface area contributed by atoms with Gasteiger partial charge in [-0.25, -0.2) is 4.99 Å². The van der Waals surface area contributed by atoms with Crippen LogP contribution in [0.25, 0.3) is 0 Å². The van der Waals surface area contributed by atoms with Crippen molar-refractivity contribution < 1.29 is 9.59 Å². The molecule has 27 heavy (non-hydrogen) atoms. The number of halogens is 1. The maximum absolute atomic E-state index is 12.7. The summed E-state index contributed by atoms with van der Waals surface area (Å²) in [7, 11) is 0. The number of unbranched alkanes of at least 4 members (excludes halogenated alkanes) is 4. The molecule has 7 heteroatoms. The number of benzene rings is 1. The van der Waals surface area contributed by atoms with Crippen molar-refractivity contribution in [1.29, 1.82) is 0 Å². The Hall–Kier alpha value is -1.53. The van der Waals surface area contributed by atoms with E-state index in [0.29, 0.717) is 29.0 Å². The van der Waals surface area contributed by atoms with Crippen LogP contribution in [0.5, 0.6) is 0 Å². The number of hydrogen-bond donors (Lipinski definition) is 1. The minimum atomic E-state index is -0.438. The van der Waals surface area contributed by atoms with Crippen LogP contribution in [-0.4, -0.2) is 40.2 Å². The zero-order valence-electron chi connectivity index (χ0n) is 16.0. The number of amides is 2. The first-order chi connectivity index (χ1) is 13.0. The molecule has 0 radical (unpaired) electrons. The molecule has 0 aromatic heterocycles. The van der Waals surface area contributed by atoms with E-state index in [9.17, 15) is 9.59 Å². The Kier molecular flexibility index (Phi) is 9.15. The summed E-state index contributed by atoms with van der Waals surface area (Å²) in [4.78, 5) is 31.4. The molecule has 0 spiro atoms. The lowest BCUT2D eigenvalue weighted by Gasteiger charge is -2.31. The summed E-state index contributed by atoms with van der Waals surface area (Å²) in [5.41, 5.74) is 0.685. The highest BCUT2D eigenvalue weighted by Crippen LogP contribution is 2.30. The number of carbonyl (C=O) groups excluding carboxylic acids is 2. The van der Waals surface area contributed by atoms with Gasteiger partial charge >= 0.3 is 0 Å². The Morgan fingerprint density at radius 1 is 1.30 bits per heavy atom. The van der Waals surface area contributed by atoms with E-state index in [1.54, 1.807) is 17.0 Å². The molecular weight excluding hydrogens is 382 g/mol. The maximum atomic E-state index is 12.7. The van der Waals surface area contributed by atoms with Gasteiger partial charge in [-0.05, 0) is 31.5 Å². The molecular formula is C20H28ClN3O2S. The summed E-state index contributed by atoms with van der Waals surface area (Å²) in [6.45, 7) is 5.24. The van der Waals surface area contributed by atoms with Crippen LogP contribution in [0.15, 0.2) is 29.3 Å². The van der Waals surface area contributed by atoms with Gasteiger partial charge in [0, 0.05) is 24.5 Å². The summed E-state index contributed by atoms with van der Waals surface area (Å²) in [5, 5.41) is 3.54. The van der Waals surface area contributed by atoms with E-state index in [1.807, 2.05) is 19.1 Å². The molecule has 1 fully saturated rings. The minimum absolute atomic E-state index is 0.0405. The fourth-order valence-corrected chi connectivity index (χ4v) is 4.21. The van der Waals surface area contributed by atoms with E-state index in [0.717, 1.165) is 12.8 Å². The molecule has 1 atom stereocenters. The van der Waals surface area contributed by atoms with Gasteiger partial charge in [0.1, 0.15) is 0 Å². The lowest BCUT2D eigenvalue weighted by Crippen LogP contribution is -2.47. The normalized spacial score (nSPS) is 18.8. The van der Waals surface area contributed by atoms with Crippen LogP contribution in [0.4, 0.5) is 5.69 Å². The maximum Gasteiger partial charge on any atom is 0.234 e. The van der Waals surface area contributed by atoms with Crippen LogP contribution in [0, 0.1) is 0 Å². The molecule has 2 amide bonds. The molecule has 1 saturated heterocycles. The smallest absolute Gasteiger partial charge is 0.234 e. The van der Waals surface area contributed by atoms with Gasteiger partial charge in [-0.1, -0.05) is 62.0 Å². The fraction of sp³-hybridized carbons (Fsp3) is 0.550. The van der Waals surface area contributed by atoms with Gasteiger partial charge in [-0.2, -0.15) is 0 Å². The zero-order valence-corrected chi connectivity index (χ0v) is 17.6. The molecule has 5 nitrogen and oxygen atoms in total. The second-order valence-corrected chi connectivity index (χ2v) is 8.15. The molecule has 1 N–H and O–H groups in total. The molecule has 1 aromatic carbocycles. The van der Waals surface area contributed by atoms with Crippen molar-refractivity contribution in [1.82, 2.24) is 10.2 Å². The summed E-state index contributed by atoms with van der Waals surface area (Å²) >= 11 is 7.42. The third kappa shape index (κ3) is 6.85. The van der Waals surface area contributed by atoms with Gasteiger partial charge in [0.2, 0.25) is 11.8 Å². The van der Waals surface area contributed by atoms with Gasteiger partial charge in [-0.3, -0.25) is 14.5 Å². The largest absolute Gasteiger partial charge is 0.355 e. The number of hydrogen-bond acceptors (Lipinski definition) is 4. The van der Waals surface area contributed by atoms with Crippen molar-refractivity contribution in [2.75, 3.05) is 13.1 Å². The molecule has 0 saturated carbocycles. The number of carbonyl (C=O) groups is 2. The zero-order chi connectivity index (χ0) is 19.6. The third-order valence-corrected chi connectivity index (χ3v) is 5.72. The van der Waals surface area contributed by atoms with Crippen LogP contribution in [-0.2, 0) is 9.59 Å². The van der Waals surface area contributed by atoms with E-state index in [4.69, 9.17) is 11.6 Å². The van der Waals surface area contributed by atoms with Crippen LogP contribution in [0.1, 0.15) is 52.4 Å². The first-order valence-electron chi connectivity index (χ1n) is 9.64. The SMILES string of the molecule is CCCCCCCN1C(=O)CC(C(=O)NCC)SC1=Nc1cccc(Cl)c1. The molecule has 0 bridgehead atoms. The topological polar surface area (TPSA) is 61.8 Å². The number of thioether (sulfide) groups is 1. The van der Waals surface area contributed by atoms with Crippen molar-refractivity contribution in [3.05, 3.63) is 29.3 Å². The molecule has 1 aliphatic rings. The lowest BCUT2D eigenvalue weighted by molar-refractivity contribution is -0.130. The second kappa shape index (κ2) is 11.3. The number of nitrogens with zero attached hydrogens (tertiary/aromatic N) is 2. The van der Waals surface area contributed by atoms with Crippen molar-refractivity contribution in [2.24, 2.45) is 4.99 Å². The second-order valence-electron chi connectivity index (χ2n) is 6.54. The van der Waals surface area contributed by atoms with Crippen LogP contribution >= 0.6 is 23.4 Å². The fourth-order valence-electron chi connectivity index (χ4n) is 2.88. The Balaban J connectivity index is 2.16. The Labute approximate surface area is 170 Å². The van der Waals surface area contributed by atoms with Crippen molar-refractivity contribution in [2.45, 2.75) is 57.6 Å². The minimum Gasteiger partial charge on any atom is -0.355 e. The number of nitrogens with one attached hydrogen (secondary N) is 1. The highest BCUT2D eigenvalue weighted by molar-refractivity contribution is 8.15. The van der Waals surface area contributed by atoms with Crippen LogP contribution < -0.4 is 5.32 Å². The Bertz CT molecular complexity index is 681. The van der Waals surface area contributed by atoms with Gasteiger partial charge in [0.15, 0.2) is 5.17 Å². The summed E-state index contributed by atoms with van der Waals surface area (Å²) in [6, 6.07) is 7.22. The highest BCUT2D eigenvalue weighted by Gasteiger charge is 2.35. The van der Waals surface area contributed by atoms with Crippen molar-refractivity contribution >= 4 is 46.0 Å². The Morgan fingerprint density at radius 2 is 2.07 bits per heavy atom. The van der Waals surface area contributed by atoms with Crippen LogP contribution in [0.3, 0.4) is 0 Å². The third-order valence-electron chi connectivity index (χ3n) is 4.30. The molecule has 1 aromatic rings. The number of amidine groups is 1. The quantitative estimate of drug-likeness (QED) is 0.597. The van der Waals surface area contributed by atoms with E-state index < -0.39 is 5.25 Å². The summed E-state index contributed by atoms with van der Waals surface area (Å²) in [6.07, 6.45) is 5.81. The first kappa shape index (κ1) is 21.8. The monoisotopic (exact) mass is 409 g/mol. The average molecular weight is 410 g/mol. The van der Waals surface area contributed by atoms with Gasteiger partial charge < -0.3 is 5.32 Å². The molecule has 1 heterocycles. The highest BCUT2D eigenvalue weighted by atomic mass is 35.5. The number of rotatable bonds is 9. The Morgan fingerprint density at radius 3 is 2.78 bits per heavy atom. The number of aliphatic imine (C=N–C) groups is 1. The predicted molar refractivity (Wildman–Crippen MR) is 114 cm³/mol. The van der Waals surface area contributed by atoms with E-state index >= 15 is 0 Å². The molecule has 1 unspecified atom stereocenters. The lowest BCUT2D eigenvalue weighted by atomic mass is 10.1. The van der Waals surface area contributed by atoms with Gasteiger partial charge in [-0.15, -0.1) is 0 Å². The molecule has 2 rings (SSSR count). The van der Waals surface area contributed by atoms with E-state index in [2.05, 4.69) is 17.2 Å². The first-order valence-corrected chi connectivity index (χ1v) is 10.9. The average Bonchev–Trinajstić information content (AvgIpc) is 2.63. The van der Waals surface area contributed by atoms with E-state index in [1.165, 1.54) is 31.0 Å². The standard InChI is InChI=1S/C20H28ClN3O2S/c1-3-5-6-7-8-12-24-18(25)14-17(19(26)22-4-2)27-20(24)23-16-11-9-10-15(21)13-16/h9-11,13,17H,3-8,12,14H2,1-2H3,(H,22,26). The van der Waals surface area contributed by atoms with Gasteiger partial charge in [0.25, 0.3) is 0 Å². The van der Waals surface area contributed by atoms with E-state index in [-0.39, 0.29) is 18.2 Å².